The first-order valence-electron chi connectivity index (χ1n) is 7.66. The maximum atomic E-state index is 5.80. The molecule has 0 aromatic heterocycles. The first kappa shape index (κ1) is 13.0. The summed E-state index contributed by atoms with van der Waals surface area (Å²) in [6, 6.07) is 8.58. The Kier molecular flexibility index (Phi) is 3.30. The Balaban J connectivity index is 1.70. The maximum Gasteiger partial charge on any atom is 0.0314 e. The Bertz CT molecular complexity index is 423. The molecule has 104 valence electrons. The lowest BCUT2D eigenvalue weighted by Crippen LogP contribution is -2.42. The fourth-order valence-corrected chi connectivity index (χ4v) is 3.87. The molecule has 3 rings (SSSR count). The Labute approximate surface area is 117 Å². The Morgan fingerprint density at radius 3 is 2.21 bits per heavy atom. The number of hydrogen-bond acceptors (Lipinski definition) is 2. The van der Waals surface area contributed by atoms with Gasteiger partial charge in [0, 0.05) is 30.7 Å². The lowest BCUT2D eigenvalue weighted by Gasteiger charge is -2.37. The predicted molar refractivity (Wildman–Crippen MR) is 81.2 cm³/mol. The number of piperidine rings is 1. The van der Waals surface area contributed by atoms with E-state index in [2.05, 4.69) is 43.0 Å². The van der Waals surface area contributed by atoms with Crippen molar-refractivity contribution in [2.75, 3.05) is 25.4 Å². The number of nitrogen functional groups attached to an aromatic ring is 1. The molecule has 2 nitrogen and oxygen atoms in total. The molecule has 2 atom stereocenters. The van der Waals surface area contributed by atoms with Gasteiger partial charge in [-0.2, -0.15) is 0 Å². The molecule has 1 aliphatic carbocycles. The van der Waals surface area contributed by atoms with E-state index in [1.54, 1.807) is 0 Å². The summed E-state index contributed by atoms with van der Waals surface area (Å²) in [5, 5.41) is 0. The van der Waals surface area contributed by atoms with Crippen LogP contribution in [0.4, 0.5) is 5.69 Å². The van der Waals surface area contributed by atoms with Crippen LogP contribution < -0.4 is 5.73 Å². The molecule has 1 aliphatic heterocycles. The van der Waals surface area contributed by atoms with Gasteiger partial charge in [-0.1, -0.05) is 26.0 Å². The van der Waals surface area contributed by atoms with Crippen LogP contribution in [0.25, 0.3) is 0 Å². The van der Waals surface area contributed by atoms with Gasteiger partial charge in [-0.3, -0.25) is 0 Å². The maximum absolute atomic E-state index is 5.80. The van der Waals surface area contributed by atoms with Crippen molar-refractivity contribution in [2.24, 2.45) is 11.8 Å². The molecule has 1 aromatic carbocycles. The summed E-state index contributed by atoms with van der Waals surface area (Å²) in [5.74, 6) is 1.71. The van der Waals surface area contributed by atoms with Gasteiger partial charge in [0.15, 0.2) is 0 Å². The summed E-state index contributed by atoms with van der Waals surface area (Å²) >= 11 is 0. The molecule has 2 unspecified atom stereocenters. The Morgan fingerprint density at radius 2 is 1.68 bits per heavy atom. The van der Waals surface area contributed by atoms with Gasteiger partial charge in [0.05, 0.1) is 0 Å². The second-order valence-corrected chi connectivity index (χ2v) is 7.04. The van der Waals surface area contributed by atoms with Crippen LogP contribution in [0.3, 0.4) is 0 Å². The van der Waals surface area contributed by atoms with Crippen LogP contribution >= 0.6 is 0 Å². The largest absolute Gasteiger partial charge is 0.399 e. The summed E-state index contributed by atoms with van der Waals surface area (Å²) in [6.07, 6.45) is 4.08. The molecule has 19 heavy (non-hydrogen) atoms. The first-order valence-corrected chi connectivity index (χ1v) is 7.66. The molecule has 1 saturated heterocycles. The van der Waals surface area contributed by atoms with Crippen molar-refractivity contribution in [3.63, 3.8) is 0 Å². The standard InChI is InChI=1S/C17H26N2/c1-13-9-14(2)11-19(10-13)12-17(7-8-17)15-3-5-16(18)6-4-15/h3-6,13-14H,7-12,18H2,1-2H3. The van der Waals surface area contributed by atoms with Crippen molar-refractivity contribution in [1.29, 1.82) is 0 Å². The Morgan fingerprint density at radius 1 is 1.11 bits per heavy atom. The van der Waals surface area contributed by atoms with Crippen molar-refractivity contribution in [1.82, 2.24) is 4.90 Å². The zero-order chi connectivity index (χ0) is 13.5. The fraction of sp³-hybridized carbons (Fsp3) is 0.647. The molecule has 0 radical (unpaired) electrons. The molecule has 1 saturated carbocycles. The van der Waals surface area contributed by atoms with Gasteiger partial charge in [0.2, 0.25) is 0 Å². The number of likely N-dealkylation sites (tertiary alicyclic amines) is 1. The van der Waals surface area contributed by atoms with Crippen LogP contribution in [0.1, 0.15) is 38.7 Å². The topological polar surface area (TPSA) is 29.3 Å². The fourth-order valence-electron chi connectivity index (χ4n) is 3.87. The minimum atomic E-state index is 0.435. The molecule has 0 spiro atoms. The van der Waals surface area contributed by atoms with Crippen LogP contribution in [0, 0.1) is 11.8 Å². The average molecular weight is 258 g/mol. The number of benzene rings is 1. The van der Waals surface area contributed by atoms with Gasteiger partial charge < -0.3 is 10.6 Å². The van der Waals surface area contributed by atoms with Crippen molar-refractivity contribution < 1.29 is 0 Å². The number of nitrogens with zero attached hydrogens (tertiary/aromatic N) is 1. The highest BCUT2D eigenvalue weighted by Crippen LogP contribution is 2.49. The highest BCUT2D eigenvalue weighted by Gasteiger charge is 2.45. The van der Waals surface area contributed by atoms with Crippen LogP contribution in [0.15, 0.2) is 24.3 Å². The molecule has 2 aliphatic rings. The predicted octanol–water partition coefficient (Wildman–Crippen LogP) is 3.28. The van der Waals surface area contributed by atoms with Crippen molar-refractivity contribution in [2.45, 2.75) is 38.5 Å². The summed E-state index contributed by atoms with van der Waals surface area (Å²) in [6.45, 7) is 8.59. The average Bonchev–Trinajstić information content (AvgIpc) is 3.09. The zero-order valence-corrected chi connectivity index (χ0v) is 12.2. The third-order valence-corrected chi connectivity index (χ3v) is 4.85. The second-order valence-electron chi connectivity index (χ2n) is 7.04. The quantitative estimate of drug-likeness (QED) is 0.843. The molecule has 0 bridgehead atoms. The molecular weight excluding hydrogens is 232 g/mol. The summed E-state index contributed by atoms with van der Waals surface area (Å²) < 4.78 is 0. The zero-order valence-electron chi connectivity index (χ0n) is 12.2. The van der Waals surface area contributed by atoms with Crippen LogP contribution in [0.2, 0.25) is 0 Å². The van der Waals surface area contributed by atoms with E-state index < -0.39 is 0 Å². The summed E-state index contributed by atoms with van der Waals surface area (Å²) in [7, 11) is 0. The van der Waals surface area contributed by atoms with Crippen LogP contribution in [-0.4, -0.2) is 24.5 Å². The number of anilines is 1. The smallest absolute Gasteiger partial charge is 0.0314 e. The number of nitrogens with two attached hydrogens (primary N) is 1. The van der Waals surface area contributed by atoms with Crippen molar-refractivity contribution in [3.8, 4) is 0 Å². The van der Waals surface area contributed by atoms with Gasteiger partial charge in [-0.05, 0) is 48.8 Å². The van der Waals surface area contributed by atoms with E-state index in [4.69, 9.17) is 5.73 Å². The third-order valence-electron chi connectivity index (χ3n) is 4.85. The van der Waals surface area contributed by atoms with Crippen LogP contribution in [0.5, 0.6) is 0 Å². The first-order chi connectivity index (χ1) is 9.07. The highest BCUT2D eigenvalue weighted by molar-refractivity contribution is 5.43. The minimum absolute atomic E-state index is 0.435. The molecule has 1 aromatic rings. The van der Waals surface area contributed by atoms with Gasteiger partial charge in [-0.15, -0.1) is 0 Å². The van der Waals surface area contributed by atoms with Crippen LogP contribution in [-0.2, 0) is 5.41 Å². The van der Waals surface area contributed by atoms with Crippen molar-refractivity contribution >= 4 is 5.69 Å². The van der Waals surface area contributed by atoms with E-state index in [1.165, 1.54) is 44.5 Å². The number of rotatable bonds is 3. The number of hydrogen-bond donors (Lipinski definition) is 1. The summed E-state index contributed by atoms with van der Waals surface area (Å²) in [4.78, 5) is 2.70. The van der Waals surface area contributed by atoms with Gasteiger partial charge in [0.1, 0.15) is 0 Å². The molecule has 1 heterocycles. The second kappa shape index (κ2) is 4.82. The normalized spacial score (nSPS) is 30.2. The molecule has 2 fully saturated rings. The molecule has 2 N–H and O–H groups in total. The van der Waals surface area contributed by atoms with Gasteiger partial charge in [0.25, 0.3) is 0 Å². The van der Waals surface area contributed by atoms with E-state index in [9.17, 15) is 0 Å². The lowest BCUT2D eigenvalue weighted by molar-refractivity contribution is 0.130. The molecular formula is C17H26N2. The highest BCUT2D eigenvalue weighted by atomic mass is 15.1. The summed E-state index contributed by atoms with van der Waals surface area (Å²) in [5.41, 5.74) is 8.60. The van der Waals surface area contributed by atoms with E-state index in [-0.39, 0.29) is 0 Å². The van der Waals surface area contributed by atoms with E-state index in [0.29, 0.717) is 5.41 Å². The SMILES string of the molecule is CC1CC(C)CN(CC2(c3ccc(N)cc3)CC2)C1. The van der Waals surface area contributed by atoms with E-state index in [0.717, 1.165) is 17.5 Å². The Hall–Kier alpha value is -1.02. The lowest BCUT2D eigenvalue weighted by atomic mass is 9.89. The molecule has 2 heteroatoms. The third kappa shape index (κ3) is 2.79. The monoisotopic (exact) mass is 258 g/mol. The minimum Gasteiger partial charge on any atom is -0.399 e. The van der Waals surface area contributed by atoms with E-state index in [1.807, 2.05) is 0 Å². The van der Waals surface area contributed by atoms with Gasteiger partial charge in [-0.25, -0.2) is 0 Å². The van der Waals surface area contributed by atoms with Gasteiger partial charge >= 0.3 is 0 Å². The van der Waals surface area contributed by atoms with Crippen molar-refractivity contribution in [3.05, 3.63) is 29.8 Å². The van der Waals surface area contributed by atoms with E-state index >= 15 is 0 Å². The molecule has 0 amide bonds.